The number of amides is 1. The van der Waals surface area contributed by atoms with Crippen molar-refractivity contribution in [1.82, 2.24) is 10.6 Å². The first-order valence-corrected chi connectivity index (χ1v) is 8.89. The predicted octanol–water partition coefficient (Wildman–Crippen LogP) is 1.79. The van der Waals surface area contributed by atoms with Gasteiger partial charge in [-0.3, -0.25) is 4.79 Å². The lowest BCUT2D eigenvalue weighted by Crippen LogP contribution is -2.53. The summed E-state index contributed by atoms with van der Waals surface area (Å²) in [5, 5.41) is 7.28. The van der Waals surface area contributed by atoms with Gasteiger partial charge in [-0.25, -0.2) is 0 Å². The molecule has 0 aromatic carbocycles. The maximum Gasteiger partial charge on any atom is 0.228 e. The Hall–Kier alpha value is -0.260. The van der Waals surface area contributed by atoms with Crippen LogP contribution in [-0.4, -0.2) is 49.8 Å². The average molecular weight is 300 g/mol. The summed E-state index contributed by atoms with van der Waals surface area (Å²) in [5.74, 6) is 1.35. The van der Waals surface area contributed by atoms with Crippen LogP contribution in [0.1, 0.15) is 39.0 Å². The van der Waals surface area contributed by atoms with E-state index in [-0.39, 0.29) is 11.3 Å². The zero-order valence-corrected chi connectivity index (χ0v) is 13.6. The smallest absolute Gasteiger partial charge is 0.228 e. The molecule has 1 aliphatic carbocycles. The van der Waals surface area contributed by atoms with E-state index < -0.39 is 0 Å². The molecule has 1 saturated carbocycles. The minimum Gasteiger partial charge on any atom is -0.384 e. The van der Waals surface area contributed by atoms with Gasteiger partial charge in [0, 0.05) is 18.4 Å². The van der Waals surface area contributed by atoms with Crippen molar-refractivity contribution in [2.24, 2.45) is 5.41 Å². The van der Waals surface area contributed by atoms with Crippen molar-refractivity contribution >= 4 is 17.7 Å². The third kappa shape index (κ3) is 3.68. The first-order valence-electron chi connectivity index (χ1n) is 7.84. The zero-order chi connectivity index (χ0) is 14.4. The van der Waals surface area contributed by atoms with Crippen molar-refractivity contribution in [2.45, 2.75) is 50.3 Å². The van der Waals surface area contributed by atoms with E-state index in [4.69, 9.17) is 4.74 Å². The number of thioether (sulfide) groups is 1. The topological polar surface area (TPSA) is 50.4 Å². The van der Waals surface area contributed by atoms with Crippen molar-refractivity contribution in [2.75, 3.05) is 32.6 Å². The van der Waals surface area contributed by atoms with Gasteiger partial charge in [0.25, 0.3) is 0 Å². The quantitative estimate of drug-likeness (QED) is 0.785. The molecule has 1 heterocycles. The Labute approximate surface area is 126 Å². The van der Waals surface area contributed by atoms with E-state index in [1.54, 1.807) is 7.11 Å². The molecule has 2 rings (SSSR count). The van der Waals surface area contributed by atoms with E-state index in [9.17, 15) is 4.79 Å². The van der Waals surface area contributed by atoms with Crippen molar-refractivity contribution in [1.29, 1.82) is 0 Å². The van der Waals surface area contributed by atoms with E-state index >= 15 is 0 Å². The standard InChI is InChI=1S/C15H28N2O2S/c1-3-20-13-6-4-5-12(13)17-14(18)15(11-19-2)7-9-16-10-8-15/h12-13,16H,3-11H2,1-2H3,(H,17,18). The molecule has 1 saturated heterocycles. The molecule has 5 heteroatoms. The summed E-state index contributed by atoms with van der Waals surface area (Å²) in [4.78, 5) is 12.8. The van der Waals surface area contributed by atoms with Gasteiger partial charge in [0.1, 0.15) is 0 Å². The molecule has 1 amide bonds. The first-order chi connectivity index (χ1) is 9.72. The number of ether oxygens (including phenoxy) is 1. The number of hydrogen-bond acceptors (Lipinski definition) is 4. The molecule has 2 atom stereocenters. The predicted molar refractivity (Wildman–Crippen MR) is 84.1 cm³/mol. The summed E-state index contributed by atoms with van der Waals surface area (Å²) in [6, 6.07) is 0.357. The van der Waals surface area contributed by atoms with Crippen LogP contribution in [0.15, 0.2) is 0 Å². The van der Waals surface area contributed by atoms with Gasteiger partial charge in [-0.05, 0) is 44.5 Å². The summed E-state index contributed by atoms with van der Waals surface area (Å²) in [7, 11) is 1.70. The molecule has 0 spiro atoms. The summed E-state index contributed by atoms with van der Waals surface area (Å²) >= 11 is 1.99. The van der Waals surface area contributed by atoms with Crippen LogP contribution in [0.5, 0.6) is 0 Å². The molecule has 1 aliphatic heterocycles. The highest BCUT2D eigenvalue weighted by Crippen LogP contribution is 2.33. The van der Waals surface area contributed by atoms with Crippen molar-refractivity contribution < 1.29 is 9.53 Å². The molecule has 0 radical (unpaired) electrons. The maximum atomic E-state index is 12.8. The van der Waals surface area contributed by atoms with Gasteiger partial charge in [-0.2, -0.15) is 11.8 Å². The van der Waals surface area contributed by atoms with Gasteiger partial charge < -0.3 is 15.4 Å². The second kappa shape index (κ2) is 7.66. The van der Waals surface area contributed by atoms with Gasteiger partial charge in [0.15, 0.2) is 0 Å². The minimum absolute atomic E-state index is 0.217. The van der Waals surface area contributed by atoms with E-state index in [1.807, 2.05) is 11.8 Å². The summed E-state index contributed by atoms with van der Waals surface area (Å²) in [6.07, 6.45) is 5.37. The molecular formula is C15H28N2O2S. The number of carbonyl (C=O) groups excluding carboxylic acids is 1. The van der Waals surface area contributed by atoms with Gasteiger partial charge in [0.2, 0.25) is 5.91 Å². The lowest BCUT2D eigenvalue weighted by atomic mass is 9.78. The SMILES string of the molecule is CCSC1CCCC1NC(=O)C1(COC)CCNCC1. The average Bonchev–Trinajstić information content (AvgIpc) is 2.88. The van der Waals surface area contributed by atoms with Crippen LogP contribution in [0.25, 0.3) is 0 Å². The maximum absolute atomic E-state index is 12.8. The second-order valence-electron chi connectivity index (χ2n) is 5.97. The van der Waals surface area contributed by atoms with Gasteiger partial charge in [0.05, 0.1) is 12.0 Å². The largest absolute Gasteiger partial charge is 0.384 e. The van der Waals surface area contributed by atoms with Crippen molar-refractivity contribution in [3.63, 3.8) is 0 Å². The highest BCUT2D eigenvalue weighted by atomic mass is 32.2. The summed E-state index contributed by atoms with van der Waals surface area (Å²) < 4.78 is 5.35. The normalized spacial score (nSPS) is 29.3. The molecule has 2 fully saturated rings. The number of hydrogen-bond donors (Lipinski definition) is 2. The Kier molecular flexibility index (Phi) is 6.18. The third-order valence-electron chi connectivity index (χ3n) is 4.61. The first kappa shape index (κ1) is 16.1. The number of carbonyl (C=O) groups is 1. The summed E-state index contributed by atoms with van der Waals surface area (Å²) in [5.41, 5.74) is -0.315. The molecule has 4 nitrogen and oxygen atoms in total. The van der Waals surface area contributed by atoms with E-state index in [2.05, 4.69) is 17.6 Å². The number of methoxy groups -OCH3 is 1. The molecule has 2 N–H and O–H groups in total. The van der Waals surface area contributed by atoms with Gasteiger partial charge >= 0.3 is 0 Å². The fourth-order valence-corrected chi connectivity index (χ4v) is 4.64. The number of piperidine rings is 1. The Morgan fingerprint density at radius 1 is 1.40 bits per heavy atom. The van der Waals surface area contributed by atoms with E-state index in [0.717, 1.165) is 38.1 Å². The third-order valence-corrected chi connectivity index (χ3v) is 5.94. The fraction of sp³-hybridized carbons (Fsp3) is 0.933. The van der Waals surface area contributed by atoms with Crippen LogP contribution in [0.3, 0.4) is 0 Å². The Balaban J connectivity index is 1.97. The number of nitrogens with one attached hydrogen (secondary N) is 2. The molecule has 116 valence electrons. The fourth-order valence-electron chi connectivity index (χ4n) is 3.44. The Bertz CT molecular complexity index is 313. The molecule has 0 bridgehead atoms. The summed E-state index contributed by atoms with van der Waals surface area (Å²) in [6.45, 7) is 4.56. The molecule has 0 aromatic rings. The van der Waals surface area contributed by atoms with Crippen LogP contribution in [0.2, 0.25) is 0 Å². The van der Waals surface area contributed by atoms with E-state index in [1.165, 1.54) is 12.8 Å². The van der Waals surface area contributed by atoms with Crippen LogP contribution >= 0.6 is 11.8 Å². The lowest BCUT2D eigenvalue weighted by molar-refractivity contribution is -0.136. The molecule has 2 aliphatic rings. The van der Waals surface area contributed by atoms with Crippen LogP contribution in [-0.2, 0) is 9.53 Å². The van der Waals surface area contributed by atoms with Crippen LogP contribution < -0.4 is 10.6 Å². The monoisotopic (exact) mass is 300 g/mol. The van der Waals surface area contributed by atoms with Gasteiger partial charge in [-0.1, -0.05) is 13.3 Å². The van der Waals surface area contributed by atoms with Gasteiger partial charge in [-0.15, -0.1) is 0 Å². The Morgan fingerprint density at radius 2 is 2.15 bits per heavy atom. The molecule has 2 unspecified atom stereocenters. The van der Waals surface area contributed by atoms with Crippen LogP contribution in [0, 0.1) is 5.41 Å². The molecular weight excluding hydrogens is 272 g/mol. The lowest BCUT2D eigenvalue weighted by Gasteiger charge is -2.37. The minimum atomic E-state index is -0.315. The molecule has 0 aromatic heterocycles. The van der Waals surface area contributed by atoms with Crippen molar-refractivity contribution in [3.05, 3.63) is 0 Å². The van der Waals surface area contributed by atoms with E-state index in [0.29, 0.717) is 17.9 Å². The highest BCUT2D eigenvalue weighted by molar-refractivity contribution is 7.99. The van der Waals surface area contributed by atoms with Crippen LogP contribution in [0.4, 0.5) is 0 Å². The Morgan fingerprint density at radius 3 is 2.80 bits per heavy atom. The second-order valence-corrected chi connectivity index (χ2v) is 7.48. The van der Waals surface area contributed by atoms with Crippen molar-refractivity contribution in [3.8, 4) is 0 Å². The molecule has 20 heavy (non-hydrogen) atoms. The zero-order valence-electron chi connectivity index (χ0n) is 12.7. The highest BCUT2D eigenvalue weighted by Gasteiger charge is 2.41. The number of rotatable bonds is 6.